The predicted octanol–water partition coefficient (Wildman–Crippen LogP) is 3.68. The summed E-state index contributed by atoms with van der Waals surface area (Å²) < 4.78 is 10.8. The van der Waals surface area contributed by atoms with E-state index in [1.165, 1.54) is 7.11 Å². The summed E-state index contributed by atoms with van der Waals surface area (Å²) in [6.07, 6.45) is 4.20. The molecule has 8 heteroatoms. The van der Waals surface area contributed by atoms with Crippen LogP contribution in [0.1, 0.15) is 38.3 Å². The first kappa shape index (κ1) is 20.9. The van der Waals surface area contributed by atoms with Crippen molar-refractivity contribution in [3.05, 3.63) is 53.9 Å². The van der Waals surface area contributed by atoms with Gasteiger partial charge in [0, 0.05) is 22.9 Å². The van der Waals surface area contributed by atoms with Crippen LogP contribution in [0.2, 0.25) is 0 Å². The molecule has 8 nitrogen and oxygen atoms in total. The number of benzene rings is 1. The number of hydroxylamine groups is 1. The second kappa shape index (κ2) is 8.41. The van der Waals surface area contributed by atoms with E-state index in [1.54, 1.807) is 12.3 Å². The van der Waals surface area contributed by atoms with Gasteiger partial charge in [-0.15, -0.1) is 0 Å². The van der Waals surface area contributed by atoms with Gasteiger partial charge in [-0.3, -0.25) is 9.63 Å². The number of H-pyrrole nitrogens is 1. The first-order valence-electron chi connectivity index (χ1n) is 10.2. The third-order valence-corrected chi connectivity index (χ3v) is 5.34. The van der Waals surface area contributed by atoms with Crippen molar-refractivity contribution < 1.29 is 28.7 Å². The highest BCUT2D eigenvalue weighted by Crippen LogP contribution is 2.42. The highest BCUT2D eigenvalue weighted by Gasteiger charge is 2.49. The smallest absolute Gasteiger partial charge is 0.347 e. The molecule has 4 rings (SSSR count). The molecule has 1 unspecified atom stereocenters. The van der Waals surface area contributed by atoms with Crippen LogP contribution in [0.5, 0.6) is 0 Å². The number of carbonyl (C=O) groups is 2. The minimum Gasteiger partial charge on any atom is -0.464 e. The number of amides is 1. The second-order valence-corrected chi connectivity index (χ2v) is 7.48. The van der Waals surface area contributed by atoms with Gasteiger partial charge in [-0.05, 0) is 42.8 Å². The number of hydrogen-bond acceptors (Lipinski definition) is 6. The lowest BCUT2D eigenvalue weighted by Gasteiger charge is -2.24. The Morgan fingerprint density at radius 1 is 1.26 bits per heavy atom. The van der Waals surface area contributed by atoms with E-state index in [0.29, 0.717) is 12.1 Å². The Morgan fingerprint density at radius 2 is 2.10 bits per heavy atom. The van der Waals surface area contributed by atoms with Crippen LogP contribution in [0.25, 0.3) is 27.8 Å². The first-order valence-corrected chi connectivity index (χ1v) is 10.2. The number of esters is 1. The number of carbonyl (C=O) groups excluding carboxylic acids is 2. The van der Waals surface area contributed by atoms with Gasteiger partial charge in [-0.25, -0.2) is 10.3 Å². The monoisotopic (exact) mass is 424 g/mol. The van der Waals surface area contributed by atoms with E-state index in [9.17, 15) is 14.7 Å². The number of nitrogens with one attached hydrogen (secondary N) is 2. The minimum absolute atomic E-state index is 0.110. The van der Waals surface area contributed by atoms with Crippen LogP contribution >= 0.6 is 0 Å². The Bertz CT molecular complexity index is 1140. The molecule has 0 spiro atoms. The van der Waals surface area contributed by atoms with E-state index in [4.69, 9.17) is 9.15 Å². The van der Waals surface area contributed by atoms with Crippen molar-refractivity contribution in [1.29, 1.82) is 0 Å². The van der Waals surface area contributed by atoms with Gasteiger partial charge in [-0.2, -0.15) is 0 Å². The maximum atomic E-state index is 12.6. The number of furan rings is 1. The van der Waals surface area contributed by atoms with Gasteiger partial charge in [0.2, 0.25) is 5.79 Å². The van der Waals surface area contributed by atoms with Crippen molar-refractivity contribution >= 4 is 28.4 Å². The Hall–Kier alpha value is -3.36. The lowest BCUT2D eigenvalue weighted by atomic mass is 9.94. The van der Waals surface area contributed by atoms with Gasteiger partial charge in [0.05, 0.1) is 24.6 Å². The molecule has 2 aromatic heterocycles. The summed E-state index contributed by atoms with van der Waals surface area (Å²) in [5.41, 5.74) is 4.07. The standard InChI is InChI=1S/C23H24N2O6/c1-3-4-5-10-23(28)20(19(22(27)31-23)21(26)25-29-2)17-13-15-12-14(8-9-16(15)24-17)18-7-6-11-30-18/h6-9,11-13,24,28H,3-5,10H2,1-2H3,(H,25,26). The minimum atomic E-state index is -1.91. The Labute approximate surface area is 178 Å². The van der Waals surface area contributed by atoms with E-state index in [2.05, 4.69) is 15.3 Å². The van der Waals surface area contributed by atoms with Crippen LogP contribution in [0.3, 0.4) is 0 Å². The summed E-state index contributed by atoms with van der Waals surface area (Å²) in [5, 5.41) is 12.1. The van der Waals surface area contributed by atoms with Crippen LogP contribution < -0.4 is 5.48 Å². The molecular weight excluding hydrogens is 400 g/mol. The van der Waals surface area contributed by atoms with Gasteiger partial charge >= 0.3 is 5.97 Å². The van der Waals surface area contributed by atoms with Gasteiger partial charge in [0.15, 0.2) is 0 Å². The van der Waals surface area contributed by atoms with Gasteiger partial charge in [0.1, 0.15) is 11.3 Å². The van der Waals surface area contributed by atoms with E-state index >= 15 is 0 Å². The predicted molar refractivity (Wildman–Crippen MR) is 113 cm³/mol. The SMILES string of the molecule is CCCCCC1(O)OC(=O)C(C(=O)NOC)=C1c1cc2cc(-c3ccco3)ccc2[nH]1. The zero-order valence-corrected chi connectivity index (χ0v) is 17.4. The second-order valence-electron chi connectivity index (χ2n) is 7.48. The Morgan fingerprint density at radius 3 is 2.81 bits per heavy atom. The molecular formula is C23H24N2O6. The summed E-state index contributed by atoms with van der Waals surface area (Å²) in [5.74, 6) is -2.85. The van der Waals surface area contributed by atoms with Crippen LogP contribution in [-0.4, -0.2) is 34.9 Å². The molecule has 3 heterocycles. The van der Waals surface area contributed by atoms with Crippen molar-refractivity contribution in [2.45, 2.75) is 38.4 Å². The molecule has 0 aliphatic carbocycles. The molecule has 3 N–H and O–H groups in total. The van der Waals surface area contributed by atoms with Crippen LogP contribution in [-0.2, 0) is 19.2 Å². The number of unbranched alkanes of at least 4 members (excludes halogenated alkanes) is 2. The van der Waals surface area contributed by atoms with Gasteiger partial charge in [0.25, 0.3) is 5.91 Å². The third-order valence-electron chi connectivity index (χ3n) is 5.34. The average Bonchev–Trinajstić information content (AvgIpc) is 3.45. The quantitative estimate of drug-likeness (QED) is 0.220. The third kappa shape index (κ3) is 3.87. The molecule has 31 heavy (non-hydrogen) atoms. The summed E-state index contributed by atoms with van der Waals surface area (Å²) in [4.78, 5) is 33.0. The topological polar surface area (TPSA) is 114 Å². The summed E-state index contributed by atoms with van der Waals surface area (Å²) in [6, 6.07) is 11.2. The van der Waals surface area contributed by atoms with Gasteiger partial charge in [-0.1, -0.05) is 19.8 Å². The number of aromatic nitrogens is 1. The number of aromatic amines is 1. The summed E-state index contributed by atoms with van der Waals surface area (Å²) in [7, 11) is 1.27. The zero-order chi connectivity index (χ0) is 22.0. The number of hydrogen-bond donors (Lipinski definition) is 3. The summed E-state index contributed by atoms with van der Waals surface area (Å²) in [6.45, 7) is 2.03. The van der Waals surface area contributed by atoms with Crippen molar-refractivity contribution in [2.24, 2.45) is 0 Å². The fourth-order valence-corrected chi connectivity index (χ4v) is 3.90. The highest BCUT2D eigenvalue weighted by atomic mass is 16.7. The lowest BCUT2D eigenvalue weighted by molar-refractivity contribution is -0.178. The maximum absolute atomic E-state index is 12.6. The largest absolute Gasteiger partial charge is 0.464 e. The molecule has 0 radical (unpaired) electrons. The van der Waals surface area contributed by atoms with Gasteiger partial charge < -0.3 is 19.2 Å². The molecule has 0 bridgehead atoms. The molecule has 162 valence electrons. The molecule has 1 amide bonds. The highest BCUT2D eigenvalue weighted by molar-refractivity contribution is 6.24. The fraction of sp³-hybridized carbons (Fsp3) is 0.304. The molecule has 1 aliphatic heterocycles. The van der Waals surface area contributed by atoms with Crippen molar-refractivity contribution in [2.75, 3.05) is 7.11 Å². The van der Waals surface area contributed by atoms with E-state index < -0.39 is 17.7 Å². The van der Waals surface area contributed by atoms with Crippen molar-refractivity contribution in [3.8, 4) is 11.3 Å². The number of rotatable bonds is 8. The Balaban J connectivity index is 1.82. The lowest BCUT2D eigenvalue weighted by Crippen LogP contribution is -2.31. The van der Waals surface area contributed by atoms with Crippen molar-refractivity contribution in [1.82, 2.24) is 10.5 Å². The zero-order valence-electron chi connectivity index (χ0n) is 17.4. The average molecular weight is 424 g/mol. The molecule has 1 atom stereocenters. The number of ether oxygens (including phenoxy) is 1. The first-order chi connectivity index (χ1) is 15.0. The fourth-order valence-electron chi connectivity index (χ4n) is 3.90. The molecule has 1 aromatic carbocycles. The normalized spacial score (nSPS) is 18.6. The van der Waals surface area contributed by atoms with E-state index in [1.807, 2.05) is 37.3 Å². The molecule has 3 aromatic rings. The molecule has 0 saturated carbocycles. The van der Waals surface area contributed by atoms with E-state index in [-0.39, 0.29) is 17.6 Å². The molecule has 0 saturated heterocycles. The van der Waals surface area contributed by atoms with Crippen LogP contribution in [0.4, 0.5) is 0 Å². The molecule has 0 fully saturated rings. The maximum Gasteiger partial charge on any atom is 0.347 e. The van der Waals surface area contributed by atoms with Crippen LogP contribution in [0.15, 0.2) is 52.7 Å². The number of cyclic esters (lactones) is 1. The van der Waals surface area contributed by atoms with E-state index in [0.717, 1.165) is 35.1 Å². The number of aliphatic hydroxyl groups is 1. The molecule has 1 aliphatic rings. The Kier molecular flexibility index (Phi) is 5.67. The van der Waals surface area contributed by atoms with Crippen LogP contribution in [0, 0.1) is 0 Å². The summed E-state index contributed by atoms with van der Waals surface area (Å²) >= 11 is 0. The van der Waals surface area contributed by atoms with Crippen molar-refractivity contribution in [3.63, 3.8) is 0 Å². The number of fused-ring (bicyclic) bond motifs is 1.